The summed E-state index contributed by atoms with van der Waals surface area (Å²) in [4.78, 5) is 13.9. The molecule has 0 aliphatic carbocycles. The van der Waals surface area contributed by atoms with Crippen molar-refractivity contribution in [2.45, 2.75) is 19.5 Å². The maximum absolute atomic E-state index is 11.5. The van der Waals surface area contributed by atoms with Crippen LogP contribution in [0.1, 0.15) is 34.5 Å². The SMILES string of the molecule is CCN(Cc1ccccc1)C(CN)c1ccc(C(=O)OC)cc1. The zero-order chi connectivity index (χ0) is 16.7. The van der Waals surface area contributed by atoms with Gasteiger partial charge in [0.1, 0.15) is 0 Å². The Bertz CT molecular complexity index is 611. The fraction of sp³-hybridized carbons (Fsp3) is 0.316. The van der Waals surface area contributed by atoms with Gasteiger partial charge in [0.15, 0.2) is 0 Å². The summed E-state index contributed by atoms with van der Waals surface area (Å²) < 4.78 is 4.74. The normalized spacial score (nSPS) is 12.2. The number of carbonyl (C=O) groups excluding carboxylic acids is 1. The third-order valence-corrected chi connectivity index (χ3v) is 4.02. The van der Waals surface area contributed by atoms with E-state index in [9.17, 15) is 4.79 Å². The number of hydrogen-bond donors (Lipinski definition) is 1. The van der Waals surface area contributed by atoms with Gasteiger partial charge in [-0.25, -0.2) is 4.79 Å². The summed E-state index contributed by atoms with van der Waals surface area (Å²) in [6, 6.07) is 18.0. The summed E-state index contributed by atoms with van der Waals surface area (Å²) >= 11 is 0. The van der Waals surface area contributed by atoms with Crippen LogP contribution in [-0.4, -0.2) is 31.1 Å². The van der Waals surface area contributed by atoms with E-state index in [1.165, 1.54) is 12.7 Å². The highest BCUT2D eigenvalue weighted by molar-refractivity contribution is 5.89. The van der Waals surface area contributed by atoms with Crippen molar-refractivity contribution >= 4 is 5.97 Å². The van der Waals surface area contributed by atoms with E-state index in [0.29, 0.717) is 12.1 Å². The van der Waals surface area contributed by atoms with E-state index in [2.05, 4.69) is 24.0 Å². The summed E-state index contributed by atoms with van der Waals surface area (Å²) in [5.74, 6) is -0.322. The zero-order valence-corrected chi connectivity index (χ0v) is 13.7. The van der Waals surface area contributed by atoms with Crippen LogP contribution >= 0.6 is 0 Å². The van der Waals surface area contributed by atoms with Crippen molar-refractivity contribution in [2.75, 3.05) is 20.2 Å². The molecule has 0 spiro atoms. The quantitative estimate of drug-likeness (QED) is 0.799. The second-order valence-corrected chi connectivity index (χ2v) is 5.41. The van der Waals surface area contributed by atoms with Gasteiger partial charge in [-0.05, 0) is 29.8 Å². The first-order valence-electron chi connectivity index (χ1n) is 7.86. The molecule has 0 saturated carbocycles. The molecule has 0 amide bonds. The highest BCUT2D eigenvalue weighted by Gasteiger charge is 2.18. The Labute approximate surface area is 137 Å². The smallest absolute Gasteiger partial charge is 0.337 e. The van der Waals surface area contributed by atoms with Crippen molar-refractivity contribution in [2.24, 2.45) is 5.73 Å². The number of likely N-dealkylation sites (N-methyl/N-ethyl adjacent to an activating group) is 1. The minimum absolute atomic E-state index is 0.118. The van der Waals surface area contributed by atoms with E-state index in [4.69, 9.17) is 10.5 Å². The lowest BCUT2D eigenvalue weighted by Crippen LogP contribution is -2.33. The third kappa shape index (κ3) is 4.41. The summed E-state index contributed by atoms with van der Waals surface area (Å²) in [5.41, 5.74) is 8.95. The molecule has 2 aromatic rings. The van der Waals surface area contributed by atoms with Crippen molar-refractivity contribution in [3.8, 4) is 0 Å². The molecular formula is C19H24N2O2. The number of rotatable bonds is 7. The van der Waals surface area contributed by atoms with E-state index < -0.39 is 0 Å². The number of carbonyl (C=O) groups is 1. The second-order valence-electron chi connectivity index (χ2n) is 5.41. The Balaban J connectivity index is 2.17. The van der Waals surface area contributed by atoms with Crippen molar-refractivity contribution < 1.29 is 9.53 Å². The molecule has 23 heavy (non-hydrogen) atoms. The number of esters is 1. The molecule has 0 aromatic heterocycles. The molecule has 1 atom stereocenters. The van der Waals surface area contributed by atoms with Crippen LogP contribution in [0.4, 0.5) is 0 Å². The second kappa shape index (κ2) is 8.46. The first-order valence-corrected chi connectivity index (χ1v) is 7.86. The Morgan fingerprint density at radius 3 is 2.30 bits per heavy atom. The molecule has 4 heteroatoms. The van der Waals surface area contributed by atoms with Gasteiger partial charge in [-0.2, -0.15) is 0 Å². The molecule has 4 nitrogen and oxygen atoms in total. The molecule has 0 bridgehead atoms. The van der Waals surface area contributed by atoms with Crippen LogP contribution in [0.3, 0.4) is 0 Å². The van der Waals surface area contributed by atoms with Crippen LogP contribution in [0.15, 0.2) is 54.6 Å². The van der Waals surface area contributed by atoms with E-state index in [-0.39, 0.29) is 12.0 Å². The number of methoxy groups -OCH3 is 1. The van der Waals surface area contributed by atoms with Gasteiger partial charge in [-0.3, -0.25) is 4.90 Å². The maximum Gasteiger partial charge on any atom is 0.337 e. The van der Waals surface area contributed by atoms with E-state index in [1.807, 2.05) is 30.3 Å². The first kappa shape index (κ1) is 17.2. The van der Waals surface area contributed by atoms with E-state index >= 15 is 0 Å². The number of ether oxygens (including phenoxy) is 1. The fourth-order valence-corrected chi connectivity index (χ4v) is 2.72. The molecule has 0 aliphatic rings. The van der Waals surface area contributed by atoms with Crippen molar-refractivity contribution in [3.63, 3.8) is 0 Å². The molecule has 0 saturated heterocycles. The average Bonchev–Trinajstić information content (AvgIpc) is 2.62. The van der Waals surface area contributed by atoms with Crippen LogP contribution in [0.25, 0.3) is 0 Å². The molecule has 2 aromatic carbocycles. The molecule has 2 rings (SSSR count). The van der Waals surface area contributed by atoms with Gasteiger partial charge in [-0.1, -0.05) is 49.4 Å². The minimum atomic E-state index is -0.322. The number of nitrogens with two attached hydrogens (primary N) is 1. The summed E-state index contributed by atoms with van der Waals surface area (Å²) in [6.45, 7) is 4.40. The fourth-order valence-electron chi connectivity index (χ4n) is 2.72. The molecular weight excluding hydrogens is 288 g/mol. The number of nitrogens with zero attached hydrogens (tertiary/aromatic N) is 1. The average molecular weight is 312 g/mol. The van der Waals surface area contributed by atoms with Crippen LogP contribution < -0.4 is 5.73 Å². The largest absolute Gasteiger partial charge is 0.465 e. The molecule has 0 fully saturated rings. The van der Waals surface area contributed by atoms with Gasteiger partial charge < -0.3 is 10.5 Å². The third-order valence-electron chi connectivity index (χ3n) is 4.02. The lowest BCUT2D eigenvalue weighted by molar-refractivity contribution is 0.0600. The van der Waals surface area contributed by atoms with E-state index in [1.54, 1.807) is 12.1 Å². The van der Waals surface area contributed by atoms with Crippen molar-refractivity contribution in [3.05, 3.63) is 71.3 Å². The van der Waals surface area contributed by atoms with E-state index in [0.717, 1.165) is 18.7 Å². The lowest BCUT2D eigenvalue weighted by Gasteiger charge is -2.30. The maximum atomic E-state index is 11.5. The van der Waals surface area contributed by atoms with Gasteiger partial charge in [0.2, 0.25) is 0 Å². The van der Waals surface area contributed by atoms with Gasteiger partial charge in [-0.15, -0.1) is 0 Å². The Kier molecular flexibility index (Phi) is 6.32. The predicted octanol–water partition coefficient (Wildman–Crippen LogP) is 3.00. The van der Waals surface area contributed by atoms with Gasteiger partial charge in [0.25, 0.3) is 0 Å². The standard InChI is InChI=1S/C19H24N2O2/c1-3-21(14-15-7-5-4-6-8-15)18(13-20)16-9-11-17(12-10-16)19(22)23-2/h4-12,18H,3,13-14,20H2,1-2H3. The van der Waals surface area contributed by atoms with Crippen LogP contribution in [-0.2, 0) is 11.3 Å². The Morgan fingerprint density at radius 1 is 1.13 bits per heavy atom. The lowest BCUT2D eigenvalue weighted by atomic mass is 10.0. The molecule has 122 valence electrons. The summed E-state index contributed by atoms with van der Waals surface area (Å²) in [5, 5.41) is 0. The van der Waals surface area contributed by atoms with Gasteiger partial charge in [0.05, 0.1) is 12.7 Å². The van der Waals surface area contributed by atoms with Crippen LogP contribution in [0.5, 0.6) is 0 Å². The van der Waals surface area contributed by atoms with Crippen LogP contribution in [0, 0.1) is 0 Å². The number of hydrogen-bond acceptors (Lipinski definition) is 4. The van der Waals surface area contributed by atoms with Crippen molar-refractivity contribution in [1.29, 1.82) is 0 Å². The molecule has 0 aliphatic heterocycles. The highest BCUT2D eigenvalue weighted by atomic mass is 16.5. The molecule has 1 unspecified atom stereocenters. The molecule has 0 heterocycles. The Morgan fingerprint density at radius 2 is 1.78 bits per heavy atom. The summed E-state index contributed by atoms with van der Waals surface area (Å²) in [7, 11) is 1.39. The molecule has 2 N–H and O–H groups in total. The monoisotopic (exact) mass is 312 g/mol. The number of benzene rings is 2. The summed E-state index contributed by atoms with van der Waals surface area (Å²) in [6.07, 6.45) is 0. The highest BCUT2D eigenvalue weighted by Crippen LogP contribution is 2.22. The minimum Gasteiger partial charge on any atom is -0.465 e. The van der Waals surface area contributed by atoms with Gasteiger partial charge in [0, 0.05) is 19.1 Å². The zero-order valence-electron chi connectivity index (χ0n) is 13.7. The van der Waals surface area contributed by atoms with Crippen LogP contribution in [0.2, 0.25) is 0 Å². The molecule has 0 radical (unpaired) electrons. The topological polar surface area (TPSA) is 55.6 Å². The first-order chi connectivity index (χ1) is 11.2. The van der Waals surface area contributed by atoms with Gasteiger partial charge >= 0.3 is 5.97 Å². The predicted molar refractivity (Wildman–Crippen MR) is 92.1 cm³/mol. The van der Waals surface area contributed by atoms with Crippen molar-refractivity contribution in [1.82, 2.24) is 4.90 Å². The Hall–Kier alpha value is -2.17.